The summed E-state index contributed by atoms with van der Waals surface area (Å²) in [6, 6.07) is 21.6. The van der Waals surface area contributed by atoms with Crippen LogP contribution < -0.4 is 21.3 Å². The molecule has 0 aliphatic carbocycles. The van der Waals surface area contributed by atoms with Gasteiger partial charge in [-0.15, -0.1) is 11.8 Å². The molecule has 0 unspecified atom stereocenters. The summed E-state index contributed by atoms with van der Waals surface area (Å²) in [6.45, 7) is 2.96. The summed E-state index contributed by atoms with van der Waals surface area (Å²) in [4.78, 5) is 35.7. The van der Waals surface area contributed by atoms with Crippen molar-refractivity contribution in [3.8, 4) is 0 Å². The summed E-state index contributed by atoms with van der Waals surface area (Å²) in [6.07, 6.45) is 0. The topological polar surface area (TPSA) is 99.3 Å². The van der Waals surface area contributed by atoms with Gasteiger partial charge >= 0.3 is 0 Å². The van der Waals surface area contributed by atoms with Crippen molar-refractivity contribution >= 4 is 69.4 Å². The summed E-state index contributed by atoms with van der Waals surface area (Å²) in [5, 5.41) is 12.1. The smallest absolute Gasteiger partial charge is 0.234 e. The van der Waals surface area contributed by atoms with Crippen LogP contribution in [0.25, 0.3) is 0 Å². The molecule has 2 amide bonds. The van der Waals surface area contributed by atoms with E-state index in [0.29, 0.717) is 22.1 Å². The third-order valence-corrected chi connectivity index (χ3v) is 5.70. The van der Waals surface area contributed by atoms with Gasteiger partial charge in [0.05, 0.1) is 5.75 Å². The number of carbonyl (C=O) groups is 3. The molecule has 34 heavy (non-hydrogen) atoms. The van der Waals surface area contributed by atoms with Crippen molar-refractivity contribution in [3.63, 3.8) is 0 Å². The minimum Gasteiger partial charge on any atom is -0.332 e. The number of rotatable bonds is 8. The molecule has 3 aromatic rings. The molecule has 3 aromatic carbocycles. The van der Waals surface area contributed by atoms with Crippen molar-refractivity contribution < 1.29 is 14.4 Å². The van der Waals surface area contributed by atoms with Gasteiger partial charge in [0.1, 0.15) is 0 Å². The van der Waals surface area contributed by atoms with E-state index >= 15 is 0 Å². The highest BCUT2D eigenvalue weighted by Gasteiger charge is 2.06. The lowest BCUT2D eigenvalue weighted by molar-refractivity contribution is -0.114. The van der Waals surface area contributed by atoms with E-state index in [2.05, 4.69) is 21.3 Å². The number of Topliss-reactive ketones (excluding diaryl/α,β-unsaturated/α-hetero) is 1. The Morgan fingerprint density at radius 2 is 1.29 bits per heavy atom. The van der Waals surface area contributed by atoms with Crippen LogP contribution >= 0.6 is 24.0 Å². The van der Waals surface area contributed by atoms with Crippen LogP contribution in [-0.2, 0) is 9.59 Å². The van der Waals surface area contributed by atoms with Gasteiger partial charge in [-0.1, -0.05) is 6.07 Å². The van der Waals surface area contributed by atoms with Gasteiger partial charge in [0, 0.05) is 40.1 Å². The number of carbonyl (C=O) groups excluding carboxylic acids is 3. The summed E-state index contributed by atoms with van der Waals surface area (Å²) in [5.74, 6) is -0.0380. The zero-order valence-electron chi connectivity index (χ0n) is 18.7. The number of thioether (sulfide) groups is 1. The molecule has 0 bridgehead atoms. The van der Waals surface area contributed by atoms with Gasteiger partial charge in [-0.25, -0.2) is 0 Å². The number of hydrogen-bond acceptors (Lipinski definition) is 5. The molecule has 0 saturated heterocycles. The summed E-state index contributed by atoms with van der Waals surface area (Å²) < 4.78 is 0. The number of benzene rings is 3. The maximum Gasteiger partial charge on any atom is 0.234 e. The fraction of sp³-hybridized carbons (Fsp3) is 0.120. The summed E-state index contributed by atoms with van der Waals surface area (Å²) in [5.41, 5.74) is 3.53. The van der Waals surface area contributed by atoms with Crippen molar-refractivity contribution in [2.45, 2.75) is 18.7 Å². The highest BCUT2D eigenvalue weighted by molar-refractivity contribution is 8.00. The highest BCUT2D eigenvalue weighted by Crippen LogP contribution is 2.22. The molecule has 0 saturated carbocycles. The third kappa shape index (κ3) is 8.02. The number of amides is 2. The molecule has 0 fully saturated rings. The maximum absolute atomic E-state index is 12.3. The largest absolute Gasteiger partial charge is 0.332 e. The molecule has 7 nitrogen and oxygen atoms in total. The first kappa shape index (κ1) is 24.9. The minimum absolute atomic E-state index is 0.00937. The summed E-state index contributed by atoms with van der Waals surface area (Å²) >= 11 is 6.78. The molecule has 9 heteroatoms. The predicted molar refractivity (Wildman–Crippen MR) is 143 cm³/mol. The van der Waals surface area contributed by atoms with E-state index in [9.17, 15) is 14.4 Å². The van der Waals surface area contributed by atoms with Crippen LogP contribution in [-0.4, -0.2) is 28.5 Å². The minimum atomic E-state index is -0.148. The molecule has 0 spiro atoms. The highest BCUT2D eigenvalue weighted by atomic mass is 32.2. The van der Waals surface area contributed by atoms with Crippen LogP contribution in [0.15, 0.2) is 77.7 Å². The van der Waals surface area contributed by atoms with Gasteiger partial charge in [-0.05, 0) is 85.9 Å². The van der Waals surface area contributed by atoms with E-state index in [4.69, 9.17) is 12.2 Å². The third-order valence-electron chi connectivity index (χ3n) is 4.50. The average Bonchev–Trinajstić information content (AvgIpc) is 2.79. The molecular formula is C25H24N4O3S2. The first-order chi connectivity index (χ1) is 16.3. The first-order valence-electron chi connectivity index (χ1n) is 10.4. The Bertz CT molecular complexity index is 1200. The molecule has 0 radical (unpaired) electrons. The van der Waals surface area contributed by atoms with Crippen LogP contribution in [0.5, 0.6) is 0 Å². The normalized spacial score (nSPS) is 10.2. The Balaban J connectivity index is 1.48. The molecule has 3 rings (SSSR count). The van der Waals surface area contributed by atoms with Crippen LogP contribution in [0.4, 0.5) is 22.7 Å². The van der Waals surface area contributed by atoms with Crippen molar-refractivity contribution in [1.82, 2.24) is 0 Å². The first-order valence-corrected chi connectivity index (χ1v) is 11.8. The Morgan fingerprint density at radius 1 is 0.735 bits per heavy atom. The van der Waals surface area contributed by atoms with Gasteiger partial charge in [-0.2, -0.15) is 0 Å². The predicted octanol–water partition coefficient (Wildman–Crippen LogP) is 5.39. The number of anilines is 4. The van der Waals surface area contributed by atoms with Crippen LogP contribution in [0.1, 0.15) is 24.2 Å². The lowest BCUT2D eigenvalue weighted by atomic mass is 10.1. The fourth-order valence-electron chi connectivity index (χ4n) is 2.93. The lowest BCUT2D eigenvalue weighted by Crippen LogP contribution is -2.19. The Kier molecular flexibility index (Phi) is 8.78. The molecule has 0 atom stereocenters. The van der Waals surface area contributed by atoms with Gasteiger partial charge in [0.2, 0.25) is 11.8 Å². The second kappa shape index (κ2) is 12.0. The van der Waals surface area contributed by atoms with E-state index in [1.54, 1.807) is 48.5 Å². The fourth-order valence-corrected chi connectivity index (χ4v) is 3.92. The van der Waals surface area contributed by atoms with Crippen molar-refractivity contribution in [2.24, 2.45) is 0 Å². The molecule has 174 valence electrons. The van der Waals surface area contributed by atoms with E-state index in [1.165, 1.54) is 25.6 Å². The van der Waals surface area contributed by atoms with Crippen LogP contribution in [0.3, 0.4) is 0 Å². The van der Waals surface area contributed by atoms with E-state index in [0.717, 1.165) is 16.3 Å². The number of nitrogens with one attached hydrogen (secondary N) is 4. The second-order valence-electron chi connectivity index (χ2n) is 7.34. The van der Waals surface area contributed by atoms with Gasteiger partial charge in [-0.3, -0.25) is 14.4 Å². The summed E-state index contributed by atoms with van der Waals surface area (Å²) in [7, 11) is 0. The molecule has 4 N–H and O–H groups in total. The molecule has 0 aromatic heterocycles. The zero-order valence-corrected chi connectivity index (χ0v) is 20.3. The quantitative estimate of drug-likeness (QED) is 0.190. The molecule has 0 aliphatic rings. The van der Waals surface area contributed by atoms with Crippen molar-refractivity contribution in [1.29, 1.82) is 0 Å². The van der Waals surface area contributed by atoms with E-state index < -0.39 is 0 Å². The Labute approximate surface area is 207 Å². The van der Waals surface area contributed by atoms with E-state index in [1.807, 2.05) is 24.3 Å². The van der Waals surface area contributed by atoms with Crippen LogP contribution in [0, 0.1) is 0 Å². The average molecular weight is 493 g/mol. The number of hydrogen-bond donors (Lipinski definition) is 4. The Morgan fingerprint density at radius 3 is 1.91 bits per heavy atom. The second-order valence-corrected chi connectivity index (χ2v) is 8.79. The van der Waals surface area contributed by atoms with Crippen molar-refractivity contribution in [2.75, 3.05) is 27.0 Å². The van der Waals surface area contributed by atoms with Crippen LogP contribution in [0.2, 0.25) is 0 Å². The monoisotopic (exact) mass is 492 g/mol. The molecule has 0 aliphatic heterocycles. The Hall–Kier alpha value is -3.69. The van der Waals surface area contributed by atoms with Crippen molar-refractivity contribution in [3.05, 3.63) is 78.4 Å². The maximum atomic E-state index is 12.3. The number of thiocarbonyl (C=S) groups is 1. The molecule has 0 heterocycles. The lowest BCUT2D eigenvalue weighted by Gasteiger charge is -2.12. The molecular weight excluding hydrogens is 468 g/mol. The standard InChI is InChI=1S/C25H24N4O3S2/c1-16(30)18-6-8-21(9-7-18)28-25(33)29-22-4-3-5-23(14-22)34-15-24(32)27-20-12-10-19(11-13-20)26-17(2)31/h3-14H,15H2,1-2H3,(H,26,31)(H,27,32)(H2,28,29,33). The number of ketones is 1. The van der Waals surface area contributed by atoms with E-state index in [-0.39, 0.29) is 23.4 Å². The SMILES string of the molecule is CC(=O)Nc1ccc(NC(=O)CSc2cccc(NC(=S)Nc3ccc(C(C)=O)cc3)c2)cc1. The van der Waals surface area contributed by atoms with Gasteiger partial charge in [0.15, 0.2) is 10.9 Å². The van der Waals surface area contributed by atoms with Gasteiger partial charge in [0.25, 0.3) is 0 Å². The zero-order chi connectivity index (χ0) is 24.5. The van der Waals surface area contributed by atoms with Gasteiger partial charge < -0.3 is 21.3 Å².